The molecule has 0 aliphatic heterocycles. The summed E-state index contributed by atoms with van der Waals surface area (Å²) >= 11 is 0. The summed E-state index contributed by atoms with van der Waals surface area (Å²) in [5, 5.41) is 18.6. The van der Waals surface area contributed by atoms with Gasteiger partial charge in [-0.25, -0.2) is 4.39 Å². The van der Waals surface area contributed by atoms with E-state index < -0.39 is 0 Å². The Morgan fingerprint density at radius 3 is 2.50 bits per heavy atom. The molecule has 1 amide bonds. The Bertz CT molecular complexity index is 1120. The molecule has 1 aromatic carbocycles. The van der Waals surface area contributed by atoms with E-state index in [0.717, 1.165) is 11.4 Å². The predicted octanol–water partition coefficient (Wildman–Crippen LogP) is 2.65. The van der Waals surface area contributed by atoms with E-state index in [1.807, 2.05) is 41.2 Å². The zero-order chi connectivity index (χ0) is 20.9. The van der Waals surface area contributed by atoms with E-state index in [4.69, 9.17) is 0 Å². The third-order valence-electron chi connectivity index (χ3n) is 4.49. The fraction of sp³-hybridized carbons (Fsp3) is 0.143. The Morgan fingerprint density at radius 1 is 1.03 bits per heavy atom. The number of carbonyl (C=O) groups is 1. The van der Waals surface area contributed by atoms with E-state index in [0.29, 0.717) is 30.3 Å². The van der Waals surface area contributed by atoms with Gasteiger partial charge >= 0.3 is 0 Å². The molecule has 4 rings (SSSR count). The van der Waals surface area contributed by atoms with Crippen LogP contribution in [0.5, 0.6) is 0 Å². The number of nitrogens with one attached hydrogen (secondary N) is 2. The molecular formula is C21H20FN7O. The number of hydrogen-bond acceptors (Lipinski definition) is 5. The molecule has 0 radical (unpaired) electrons. The zero-order valence-corrected chi connectivity index (χ0v) is 16.3. The lowest BCUT2D eigenvalue weighted by atomic mass is 10.1. The third-order valence-corrected chi connectivity index (χ3v) is 4.49. The number of hydrogen-bond donors (Lipinski definition) is 2. The smallest absolute Gasteiger partial charge is 0.269 e. The molecule has 152 valence electrons. The standard InChI is InChI=1S/C21H20FN7O/c1-28-18(14-17(27-28)15-4-6-16(22)7-5-15)21(30)24-11-10-23-19-8-9-20(26-25-19)29-12-2-3-13-29/h2-9,12-14H,10-11H2,1H3,(H,23,25)(H,24,30). The molecular weight excluding hydrogens is 385 g/mol. The lowest BCUT2D eigenvalue weighted by Crippen LogP contribution is -2.30. The SMILES string of the molecule is Cn1nc(-c2ccc(F)cc2)cc1C(=O)NCCNc1ccc(-n2cccc2)nn1. The molecule has 2 N–H and O–H groups in total. The van der Waals surface area contributed by atoms with Crippen LogP contribution in [-0.4, -0.2) is 43.5 Å². The fourth-order valence-electron chi connectivity index (χ4n) is 2.94. The van der Waals surface area contributed by atoms with Crippen molar-refractivity contribution < 1.29 is 9.18 Å². The molecule has 0 atom stereocenters. The molecule has 0 spiro atoms. The summed E-state index contributed by atoms with van der Waals surface area (Å²) in [5.74, 6) is 0.796. The Balaban J connectivity index is 1.29. The summed E-state index contributed by atoms with van der Waals surface area (Å²) in [4.78, 5) is 12.5. The molecule has 8 nitrogen and oxygen atoms in total. The van der Waals surface area contributed by atoms with Crippen LogP contribution in [0.15, 0.2) is 67.0 Å². The van der Waals surface area contributed by atoms with Gasteiger partial charge in [0.2, 0.25) is 0 Å². The molecule has 3 heterocycles. The number of halogens is 1. The quantitative estimate of drug-likeness (QED) is 0.462. The van der Waals surface area contributed by atoms with Crippen molar-refractivity contribution in [2.24, 2.45) is 7.05 Å². The maximum absolute atomic E-state index is 13.1. The average molecular weight is 405 g/mol. The normalized spacial score (nSPS) is 10.7. The van der Waals surface area contributed by atoms with Gasteiger partial charge in [0.25, 0.3) is 5.91 Å². The van der Waals surface area contributed by atoms with E-state index >= 15 is 0 Å². The topological polar surface area (TPSA) is 89.7 Å². The van der Waals surface area contributed by atoms with E-state index in [2.05, 4.69) is 25.9 Å². The largest absolute Gasteiger partial charge is 0.367 e. The van der Waals surface area contributed by atoms with Crippen molar-refractivity contribution in [2.75, 3.05) is 18.4 Å². The number of benzene rings is 1. The van der Waals surface area contributed by atoms with Crippen LogP contribution >= 0.6 is 0 Å². The van der Waals surface area contributed by atoms with Gasteiger partial charge in [0.05, 0.1) is 5.69 Å². The molecule has 4 aromatic rings. The van der Waals surface area contributed by atoms with Gasteiger partial charge in [-0.3, -0.25) is 9.48 Å². The van der Waals surface area contributed by atoms with Gasteiger partial charge in [-0.15, -0.1) is 10.2 Å². The minimum Gasteiger partial charge on any atom is -0.367 e. The Labute approximate surface area is 172 Å². The van der Waals surface area contributed by atoms with Crippen molar-refractivity contribution in [3.05, 3.63) is 78.5 Å². The van der Waals surface area contributed by atoms with Crippen LogP contribution in [0.3, 0.4) is 0 Å². The van der Waals surface area contributed by atoms with Crippen LogP contribution < -0.4 is 10.6 Å². The van der Waals surface area contributed by atoms with E-state index in [1.165, 1.54) is 16.8 Å². The predicted molar refractivity (Wildman–Crippen MR) is 111 cm³/mol. The lowest BCUT2D eigenvalue weighted by Gasteiger charge is -2.08. The van der Waals surface area contributed by atoms with Gasteiger partial charge in [-0.2, -0.15) is 5.10 Å². The van der Waals surface area contributed by atoms with Gasteiger partial charge in [-0.05, 0) is 54.6 Å². The second kappa shape index (κ2) is 8.56. The summed E-state index contributed by atoms with van der Waals surface area (Å²) in [6.07, 6.45) is 3.79. The van der Waals surface area contributed by atoms with Crippen LogP contribution in [0, 0.1) is 5.82 Å². The highest BCUT2D eigenvalue weighted by atomic mass is 19.1. The van der Waals surface area contributed by atoms with Crippen LogP contribution in [0.2, 0.25) is 0 Å². The number of aromatic nitrogens is 5. The van der Waals surface area contributed by atoms with Gasteiger partial charge in [0, 0.05) is 38.1 Å². The second-order valence-corrected chi connectivity index (χ2v) is 6.60. The van der Waals surface area contributed by atoms with E-state index in [1.54, 1.807) is 25.2 Å². The zero-order valence-electron chi connectivity index (χ0n) is 16.3. The number of amides is 1. The molecule has 0 unspecified atom stereocenters. The third kappa shape index (κ3) is 4.35. The van der Waals surface area contributed by atoms with Crippen molar-refractivity contribution in [1.29, 1.82) is 0 Å². The summed E-state index contributed by atoms with van der Waals surface area (Å²) in [7, 11) is 1.70. The fourth-order valence-corrected chi connectivity index (χ4v) is 2.94. The highest BCUT2D eigenvalue weighted by Gasteiger charge is 2.14. The molecule has 0 aliphatic carbocycles. The highest BCUT2D eigenvalue weighted by molar-refractivity contribution is 5.93. The summed E-state index contributed by atoms with van der Waals surface area (Å²) < 4.78 is 16.5. The molecule has 0 saturated heterocycles. The van der Waals surface area contributed by atoms with E-state index in [9.17, 15) is 9.18 Å². The first-order valence-corrected chi connectivity index (χ1v) is 9.39. The Morgan fingerprint density at radius 2 is 1.80 bits per heavy atom. The van der Waals surface area contributed by atoms with Crippen LogP contribution in [0.1, 0.15) is 10.5 Å². The molecule has 0 bridgehead atoms. The minimum atomic E-state index is -0.316. The van der Waals surface area contributed by atoms with E-state index in [-0.39, 0.29) is 11.7 Å². The number of rotatable bonds is 7. The number of aryl methyl sites for hydroxylation is 1. The molecule has 3 aromatic heterocycles. The highest BCUT2D eigenvalue weighted by Crippen LogP contribution is 2.19. The molecule has 30 heavy (non-hydrogen) atoms. The van der Waals surface area contributed by atoms with Crippen molar-refractivity contribution in [3.63, 3.8) is 0 Å². The minimum absolute atomic E-state index is 0.241. The monoisotopic (exact) mass is 405 g/mol. The van der Waals surface area contributed by atoms with Gasteiger partial charge in [-0.1, -0.05) is 0 Å². The van der Waals surface area contributed by atoms with Gasteiger partial charge in [0.15, 0.2) is 5.82 Å². The Hall–Kier alpha value is -4.01. The first-order valence-electron chi connectivity index (χ1n) is 9.39. The maximum atomic E-state index is 13.1. The van der Waals surface area contributed by atoms with Crippen LogP contribution in [0.4, 0.5) is 10.2 Å². The molecule has 9 heteroatoms. The molecule has 0 fully saturated rings. The molecule has 0 saturated carbocycles. The van der Waals surface area contributed by atoms with Crippen molar-refractivity contribution in [1.82, 2.24) is 29.9 Å². The number of anilines is 1. The van der Waals surface area contributed by atoms with Crippen LogP contribution in [0.25, 0.3) is 17.1 Å². The maximum Gasteiger partial charge on any atom is 0.269 e. The van der Waals surface area contributed by atoms with Gasteiger partial charge < -0.3 is 15.2 Å². The van der Waals surface area contributed by atoms with Gasteiger partial charge in [0.1, 0.15) is 17.3 Å². The summed E-state index contributed by atoms with van der Waals surface area (Å²) in [6, 6.07) is 15.2. The van der Waals surface area contributed by atoms with Crippen molar-refractivity contribution >= 4 is 11.7 Å². The summed E-state index contributed by atoms with van der Waals surface area (Å²) in [5.41, 5.74) is 1.78. The molecule has 0 aliphatic rings. The summed E-state index contributed by atoms with van der Waals surface area (Å²) in [6.45, 7) is 0.892. The van der Waals surface area contributed by atoms with Crippen molar-refractivity contribution in [2.45, 2.75) is 0 Å². The first kappa shape index (κ1) is 19.3. The van der Waals surface area contributed by atoms with Crippen LogP contribution in [-0.2, 0) is 7.05 Å². The first-order chi connectivity index (χ1) is 14.6. The van der Waals surface area contributed by atoms with Crippen molar-refractivity contribution in [3.8, 4) is 17.1 Å². The lowest BCUT2D eigenvalue weighted by molar-refractivity contribution is 0.0946. The average Bonchev–Trinajstić information content (AvgIpc) is 3.42. The Kier molecular flexibility index (Phi) is 5.51. The number of carbonyl (C=O) groups excluding carboxylic acids is 1. The second-order valence-electron chi connectivity index (χ2n) is 6.60. The number of nitrogens with zero attached hydrogens (tertiary/aromatic N) is 5.